The fraction of sp³-hybridized carbons (Fsp3) is 0.250. The van der Waals surface area contributed by atoms with E-state index in [-0.39, 0.29) is 11.3 Å². The van der Waals surface area contributed by atoms with Crippen LogP contribution in [0.4, 0.5) is 5.69 Å². The molecule has 1 aromatic heterocycles. The highest BCUT2D eigenvalue weighted by Gasteiger charge is 2.22. The molecule has 0 atom stereocenters. The van der Waals surface area contributed by atoms with Gasteiger partial charge in [-0.1, -0.05) is 6.42 Å². The number of aromatic amines is 1. The maximum Gasteiger partial charge on any atom is 0.269 e. The highest BCUT2D eigenvalue weighted by Crippen LogP contribution is 2.36. The lowest BCUT2D eigenvalue weighted by molar-refractivity contribution is -0.384. The molecule has 6 heteroatoms. The van der Waals surface area contributed by atoms with Crippen molar-refractivity contribution in [2.24, 2.45) is 0 Å². The molecule has 1 N–H and O–H groups in total. The number of nitriles is 1. The van der Waals surface area contributed by atoms with Crippen LogP contribution in [0.25, 0.3) is 11.1 Å². The average molecular weight is 295 g/mol. The number of benzene rings is 1. The van der Waals surface area contributed by atoms with Crippen molar-refractivity contribution in [1.82, 2.24) is 4.98 Å². The number of nitrogens with zero attached hydrogens (tertiary/aromatic N) is 2. The van der Waals surface area contributed by atoms with Crippen LogP contribution in [0.15, 0.2) is 35.1 Å². The minimum absolute atomic E-state index is 0.0219. The zero-order valence-electron chi connectivity index (χ0n) is 11.7. The van der Waals surface area contributed by atoms with Gasteiger partial charge in [0, 0.05) is 23.4 Å². The minimum atomic E-state index is -0.480. The Balaban J connectivity index is 2.11. The van der Waals surface area contributed by atoms with E-state index in [4.69, 9.17) is 0 Å². The molecule has 0 aliphatic heterocycles. The van der Waals surface area contributed by atoms with E-state index in [2.05, 4.69) is 4.98 Å². The summed E-state index contributed by atoms with van der Waals surface area (Å²) in [4.78, 5) is 25.1. The third-order valence-corrected chi connectivity index (χ3v) is 4.10. The van der Waals surface area contributed by atoms with Gasteiger partial charge in [-0.15, -0.1) is 0 Å². The van der Waals surface area contributed by atoms with Crippen molar-refractivity contribution < 1.29 is 4.92 Å². The Bertz CT molecular complexity index is 827. The van der Waals surface area contributed by atoms with Gasteiger partial charge in [-0.25, -0.2) is 0 Å². The molecule has 1 heterocycles. The molecule has 1 aromatic carbocycles. The molecule has 1 aliphatic rings. The predicted molar refractivity (Wildman–Crippen MR) is 80.5 cm³/mol. The van der Waals surface area contributed by atoms with Gasteiger partial charge in [0.25, 0.3) is 11.2 Å². The number of nitro groups is 1. The van der Waals surface area contributed by atoms with E-state index in [1.54, 1.807) is 12.1 Å². The Labute approximate surface area is 126 Å². The van der Waals surface area contributed by atoms with Crippen molar-refractivity contribution in [2.45, 2.75) is 25.2 Å². The van der Waals surface area contributed by atoms with Gasteiger partial charge >= 0.3 is 0 Å². The summed E-state index contributed by atoms with van der Waals surface area (Å²) >= 11 is 0. The van der Waals surface area contributed by atoms with Crippen LogP contribution in [0.1, 0.15) is 36.4 Å². The number of aromatic nitrogens is 1. The van der Waals surface area contributed by atoms with E-state index < -0.39 is 10.5 Å². The first-order chi connectivity index (χ1) is 10.6. The first-order valence-electron chi connectivity index (χ1n) is 7.02. The van der Waals surface area contributed by atoms with Gasteiger partial charge in [0.1, 0.15) is 11.6 Å². The Kier molecular flexibility index (Phi) is 3.47. The van der Waals surface area contributed by atoms with Gasteiger partial charge < -0.3 is 4.98 Å². The van der Waals surface area contributed by atoms with Gasteiger partial charge in [0.2, 0.25) is 0 Å². The number of nitro benzene ring substituents is 1. The maximum atomic E-state index is 12.1. The molecule has 0 amide bonds. The number of hydrogen-bond donors (Lipinski definition) is 1. The first-order valence-corrected chi connectivity index (χ1v) is 7.02. The zero-order valence-corrected chi connectivity index (χ0v) is 11.7. The molecule has 2 aromatic rings. The molecule has 22 heavy (non-hydrogen) atoms. The van der Waals surface area contributed by atoms with Crippen LogP contribution in [0, 0.1) is 21.4 Å². The first kappa shape index (κ1) is 14.0. The second-order valence-corrected chi connectivity index (χ2v) is 5.39. The SMILES string of the molecule is N#Cc1c(-c2ccc([N+](=O)[O-])cc2)cc(C2CCC2)[nH]c1=O. The number of nitrogens with one attached hydrogen (secondary N) is 1. The topological polar surface area (TPSA) is 99.8 Å². The Morgan fingerprint density at radius 2 is 1.95 bits per heavy atom. The summed E-state index contributed by atoms with van der Waals surface area (Å²) in [6.07, 6.45) is 3.20. The molecular formula is C16H13N3O3. The van der Waals surface area contributed by atoms with Crippen LogP contribution in [-0.2, 0) is 0 Å². The normalized spacial score (nSPS) is 14.1. The van der Waals surface area contributed by atoms with Crippen molar-refractivity contribution >= 4 is 5.69 Å². The number of H-pyrrole nitrogens is 1. The fourth-order valence-electron chi connectivity index (χ4n) is 2.62. The standard InChI is InChI=1S/C16H13N3O3/c17-9-14-13(10-4-6-12(7-5-10)19(21)22)8-15(18-16(14)20)11-2-1-3-11/h4-8,11H,1-3H2,(H,18,20). The molecule has 0 bridgehead atoms. The third-order valence-electron chi connectivity index (χ3n) is 4.10. The monoisotopic (exact) mass is 295 g/mol. The summed E-state index contributed by atoms with van der Waals surface area (Å²) < 4.78 is 0. The summed E-state index contributed by atoms with van der Waals surface area (Å²) in [5.41, 5.74) is 1.61. The number of hydrogen-bond acceptors (Lipinski definition) is 4. The van der Waals surface area contributed by atoms with Crippen molar-refractivity contribution in [3.8, 4) is 17.2 Å². The molecule has 110 valence electrons. The van der Waals surface area contributed by atoms with Crippen LogP contribution in [0.5, 0.6) is 0 Å². The second-order valence-electron chi connectivity index (χ2n) is 5.39. The van der Waals surface area contributed by atoms with E-state index in [0.717, 1.165) is 25.0 Å². The van der Waals surface area contributed by atoms with E-state index in [0.29, 0.717) is 17.0 Å². The van der Waals surface area contributed by atoms with Gasteiger partial charge in [-0.3, -0.25) is 14.9 Å². The van der Waals surface area contributed by atoms with Crippen molar-refractivity contribution in [2.75, 3.05) is 0 Å². The van der Waals surface area contributed by atoms with Gasteiger partial charge in [0.15, 0.2) is 0 Å². The lowest BCUT2D eigenvalue weighted by Crippen LogP contribution is -2.19. The highest BCUT2D eigenvalue weighted by atomic mass is 16.6. The van der Waals surface area contributed by atoms with E-state index >= 15 is 0 Å². The van der Waals surface area contributed by atoms with Crippen molar-refractivity contribution in [3.63, 3.8) is 0 Å². The van der Waals surface area contributed by atoms with Gasteiger partial charge in [0.05, 0.1) is 4.92 Å². The maximum absolute atomic E-state index is 12.1. The lowest BCUT2D eigenvalue weighted by atomic mass is 9.82. The van der Waals surface area contributed by atoms with E-state index in [1.807, 2.05) is 12.1 Å². The Hall–Kier alpha value is -2.94. The lowest BCUT2D eigenvalue weighted by Gasteiger charge is -2.25. The molecule has 3 rings (SSSR count). The molecule has 0 radical (unpaired) electrons. The van der Waals surface area contributed by atoms with Gasteiger partial charge in [-0.05, 0) is 42.5 Å². The van der Waals surface area contributed by atoms with Crippen LogP contribution in [0.2, 0.25) is 0 Å². The smallest absolute Gasteiger partial charge is 0.269 e. The molecule has 1 aliphatic carbocycles. The minimum Gasteiger partial charge on any atom is -0.325 e. The average Bonchev–Trinajstić information content (AvgIpc) is 2.45. The summed E-state index contributed by atoms with van der Waals surface area (Å²) in [5, 5.41) is 19.9. The number of pyridine rings is 1. The molecule has 0 unspecified atom stereocenters. The molecule has 6 nitrogen and oxygen atoms in total. The summed E-state index contributed by atoms with van der Waals surface area (Å²) in [7, 11) is 0. The summed E-state index contributed by atoms with van der Waals surface area (Å²) in [5.74, 6) is 0.331. The molecule has 0 saturated heterocycles. The Morgan fingerprint density at radius 3 is 2.45 bits per heavy atom. The summed E-state index contributed by atoms with van der Waals surface area (Å²) in [6, 6.07) is 9.64. The molecule has 1 fully saturated rings. The van der Waals surface area contributed by atoms with E-state index in [1.165, 1.54) is 12.1 Å². The number of rotatable bonds is 3. The van der Waals surface area contributed by atoms with Crippen LogP contribution in [0.3, 0.4) is 0 Å². The zero-order chi connectivity index (χ0) is 15.7. The van der Waals surface area contributed by atoms with Crippen molar-refractivity contribution in [1.29, 1.82) is 5.26 Å². The number of non-ortho nitro benzene ring substituents is 1. The molecular weight excluding hydrogens is 282 g/mol. The highest BCUT2D eigenvalue weighted by molar-refractivity contribution is 5.71. The molecule has 0 spiro atoms. The van der Waals surface area contributed by atoms with Crippen molar-refractivity contribution in [3.05, 3.63) is 62.1 Å². The largest absolute Gasteiger partial charge is 0.325 e. The third kappa shape index (κ3) is 2.37. The van der Waals surface area contributed by atoms with Crippen LogP contribution >= 0.6 is 0 Å². The summed E-state index contributed by atoms with van der Waals surface area (Å²) in [6.45, 7) is 0. The quantitative estimate of drug-likeness (QED) is 0.694. The van der Waals surface area contributed by atoms with Gasteiger partial charge in [-0.2, -0.15) is 5.26 Å². The molecule has 1 saturated carbocycles. The fourth-order valence-corrected chi connectivity index (χ4v) is 2.62. The predicted octanol–water partition coefficient (Wildman–Crippen LogP) is 3.09. The van der Waals surface area contributed by atoms with Crippen LogP contribution < -0.4 is 5.56 Å². The van der Waals surface area contributed by atoms with E-state index in [9.17, 15) is 20.2 Å². The second kappa shape index (κ2) is 5.45. The Morgan fingerprint density at radius 1 is 1.27 bits per heavy atom. The van der Waals surface area contributed by atoms with Crippen LogP contribution in [-0.4, -0.2) is 9.91 Å².